The van der Waals surface area contributed by atoms with Gasteiger partial charge in [0, 0.05) is 9.99 Å². The van der Waals surface area contributed by atoms with E-state index in [1.54, 1.807) is 0 Å². The molecule has 1 rings (SSSR count). The highest BCUT2D eigenvalue weighted by molar-refractivity contribution is 14.1. The summed E-state index contributed by atoms with van der Waals surface area (Å²) in [5.41, 5.74) is 1.24. The topological polar surface area (TPSA) is 37.3 Å². The quantitative estimate of drug-likeness (QED) is 0.866. The summed E-state index contributed by atoms with van der Waals surface area (Å²) in [6.45, 7) is 0. The number of carboxylic acids is 1. The molecule has 0 aliphatic rings. The van der Waals surface area contributed by atoms with Crippen molar-refractivity contribution in [3.8, 4) is 0 Å². The van der Waals surface area contributed by atoms with Crippen LogP contribution in [0, 0.1) is 3.57 Å². The number of benzene rings is 1. The minimum Gasteiger partial charge on any atom is -0.481 e. The van der Waals surface area contributed by atoms with E-state index < -0.39 is 5.97 Å². The molecule has 0 saturated carbocycles. The molecule has 0 amide bonds. The Kier molecular flexibility index (Phi) is 4.21. The van der Waals surface area contributed by atoms with E-state index in [0.717, 1.165) is 12.8 Å². The van der Waals surface area contributed by atoms with E-state index >= 15 is 0 Å². The van der Waals surface area contributed by atoms with Crippen LogP contribution < -0.4 is 0 Å². The number of hydrogen-bond acceptors (Lipinski definition) is 1. The van der Waals surface area contributed by atoms with Gasteiger partial charge in [-0.1, -0.05) is 18.2 Å². The minimum absolute atomic E-state index is 0.255. The first kappa shape index (κ1) is 10.5. The first-order valence-corrected chi connectivity index (χ1v) is 5.23. The Morgan fingerprint density at radius 1 is 1.38 bits per heavy atom. The zero-order valence-corrected chi connectivity index (χ0v) is 9.32. The number of carbonyl (C=O) groups is 1. The average Bonchev–Trinajstić information content (AvgIpc) is 2.08. The van der Waals surface area contributed by atoms with Gasteiger partial charge < -0.3 is 5.11 Å². The van der Waals surface area contributed by atoms with Crippen molar-refractivity contribution in [2.75, 3.05) is 0 Å². The smallest absolute Gasteiger partial charge is 0.303 e. The molecular formula is C10H11IO2. The summed E-state index contributed by atoms with van der Waals surface area (Å²) in [5.74, 6) is -0.717. The van der Waals surface area contributed by atoms with E-state index in [1.165, 1.54) is 9.13 Å². The molecular weight excluding hydrogens is 279 g/mol. The van der Waals surface area contributed by atoms with Gasteiger partial charge in [0.1, 0.15) is 0 Å². The number of hydrogen-bond donors (Lipinski definition) is 1. The summed E-state index contributed by atoms with van der Waals surface area (Å²) >= 11 is 2.27. The molecule has 0 aliphatic carbocycles. The van der Waals surface area contributed by atoms with Crippen molar-refractivity contribution in [1.29, 1.82) is 0 Å². The number of aryl methyl sites for hydroxylation is 1. The van der Waals surface area contributed by atoms with Crippen molar-refractivity contribution in [1.82, 2.24) is 0 Å². The lowest BCUT2D eigenvalue weighted by atomic mass is 10.1. The predicted molar refractivity (Wildman–Crippen MR) is 59.7 cm³/mol. The molecule has 70 valence electrons. The van der Waals surface area contributed by atoms with Crippen molar-refractivity contribution in [2.24, 2.45) is 0 Å². The van der Waals surface area contributed by atoms with Crippen LogP contribution >= 0.6 is 22.6 Å². The van der Waals surface area contributed by atoms with E-state index in [-0.39, 0.29) is 6.42 Å². The Morgan fingerprint density at radius 2 is 2.08 bits per heavy atom. The van der Waals surface area contributed by atoms with Crippen molar-refractivity contribution < 1.29 is 9.90 Å². The standard InChI is InChI=1S/C10H11IO2/c11-9-6-2-1-4-8(9)5-3-7-10(12)13/h1-2,4,6H,3,5,7H2,(H,12,13). The molecule has 0 fully saturated rings. The van der Waals surface area contributed by atoms with Crippen molar-refractivity contribution in [3.63, 3.8) is 0 Å². The predicted octanol–water partition coefficient (Wildman–Crippen LogP) is 2.70. The highest BCUT2D eigenvalue weighted by Crippen LogP contribution is 2.13. The first-order chi connectivity index (χ1) is 6.20. The van der Waals surface area contributed by atoms with Crippen LogP contribution in [0.25, 0.3) is 0 Å². The van der Waals surface area contributed by atoms with Gasteiger partial charge in [0.2, 0.25) is 0 Å². The molecule has 2 nitrogen and oxygen atoms in total. The van der Waals surface area contributed by atoms with Crippen LogP contribution in [0.3, 0.4) is 0 Å². The summed E-state index contributed by atoms with van der Waals surface area (Å²) in [6, 6.07) is 8.06. The molecule has 3 heteroatoms. The summed E-state index contributed by atoms with van der Waals surface area (Å²) in [6.07, 6.45) is 1.83. The minimum atomic E-state index is -0.717. The number of aliphatic carboxylic acids is 1. The van der Waals surface area contributed by atoms with Gasteiger partial charge in [0.15, 0.2) is 0 Å². The molecule has 0 heterocycles. The first-order valence-electron chi connectivity index (χ1n) is 4.15. The zero-order valence-electron chi connectivity index (χ0n) is 7.16. The lowest BCUT2D eigenvalue weighted by Gasteiger charge is -2.01. The fourth-order valence-electron chi connectivity index (χ4n) is 1.13. The molecule has 0 spiro atoms. The number of rotatable bonds is 4. The Balaban J connectivity index is 2.45. The summed E-state index contributed by atoms with van der Waals surface area (Å²) in [7, 11) is 0. The van der Waals surface area contributed by atoms with Gasteiger partial charge >= 0.3 is 5.97 Å². The Bertz CT molecular complexity index is 297. The Hall–Kier alpha value is -0.580. The van der Waals surface area contributed by atoms with Crippen LogP contribution in [-0.4, -0.2) is 11.1 Å². The largest absolute Gasteiger partial charge is 0.481 e. The highest BCUT2D eigenvalue weighted by atomic mass is 127. The molecule has 0 bridgehead atoms. The molecule has 0 saturated heterocycles. The van der Waals surface area contributed by atoms with E-state index in [0.29, 0.717) is 0 Å². The molecule has 0 atom stereocenters. The average molecular weight is 290 g/mol. The normalized spacial score (nSPS) is 9.92. The van der Waals surface area contributed by atoms with Crippen LogP contribution in [0.4, 0.5) is 0 Å². The van der Waals surface area contributed by atoms with Crippen molar-refractivity contribution >= 4 is 28.6 Å². The second kappa shape index (κ2) is 5.21. The van der Waals surface area contributed by atoms with E-state index in [4.69, 9.17) is 5.11 Å². The van der Waals surface area contributed by atoms with Gasteiger partial charge in [-0.15, -0.1) is 0 Å². The highest BCUT2D eigenvalue weighted by Gasteiger charge is 2.00. The molecule has 0 unspecified atom stereocenters. The van der Waals surface area contributed by atoms with Crippen LogP contribution in [0.15, 0.2) is 24.3 Å². The maximum atomic E-state index is 10.3. The lowest BCUT2D eigenvalue weighted by molar-refractivity contribution is -0.137. The van der Waals surface area contributed by atoms with Crippen molar-refractivity contribution in [3.05, 3.63) is 33.4 Å². The second-order valence-electron chi connectivity index (χ2n) is 2.84. The third-order valence-corrected chi connectivity index (χ3v) is 2.85. The second-order valence-corrected chi connectivity index (χ2v) is 4.00. The van der Waals surface area contributed by atoms with Gasteiger partial charge in [-0.2, -0.15) is 0 Å². The Labute approximate surface area is 91.1 Å². The fourth-order valence-corrected chi connectivity index (χ4v) is 1.79. The van der Waals surface area contributed by atoms with Gasteiger partial charge in [-0.25, -0.2) is 0 Å². The van der Waals surface area contributed by atoms with Crippen LogP contribution in [-0.2, 0) is 11.2 Å². The zero-order chi connectivity index (χ0) is 9.68. The maximum absolute atomic E-state index is 10.3. The molecule has 0 aliphatic heterocycles. The number of carboxylic acid groups (broad SMARTS) is 1. The fraction of sp³-hybridized carbons (Fsp3) is 0.300. The van der Waals surface area contributed by atoms with Crippen LogP contribution in [0.2, 0.25) is 0 Å². The van der Waals surface area contributed by atoms with Crippen LogP contribution in [0.5, 0.6) is 0 Å². The van der Waals surface area contributed by atoms with E-state index in [2.05, 4.69) is 22.6 Å². The van der Waals surface area contributed by atoms with Gasteiger partial charge in [-0.05, 0) is 47.1 Å². The molecule has 0 radical (unpaired) electrons. The SMILES string of the molecule is O=C(O)CCCc1ccccc1I. The lowest BCUT2D eigenvalue weighted by Crippen LogP contribution is -1.96. The molecule has 1 aromatic rings. The van der Waals surface area contributed by atoms with Gasteiger partial charge in [0.05, 0.1) is 0 Å². The molecule has 1 aromatic carbocycles. The molecule has 0 aromatic heterocycles. The monoisotopic (exact) mass is 290 g/mol. The summed E-state index contributed by atoms with van der Waals surface area (Å²) in [5, 5.41) is 8.46. The third-order valence-electron chi connectivity index (χ3n) is 1.79. The molecule has 13 heavy (non-hydrogen) atoms. The summed E-state index contributed by atoms with van der Waals surface area (Å²) < 4.78 is 1.21. The van der Waals surface area contributed by atoms with Crippen molar-refractivity contribution in [2.45, 2.75) is 19.3 Å². The van der Waals surface area contributed by atoms with Gasteiger partial charge in [0.25, 0.3) is 0 Å². The van der Waals surface area contributed by atoms with E-state index in [1.807, 2.05) is 24.3 Å². The van der Waals surface area contributed by atoms with Gasteiger partial charge in [-0.3, -0.25) is 4.79 Å². The number of halogens is 1. The third kappa shape index (κ3) is 3.76. The van der Waals surface area contributed by atoms with E-state index in [9.17, 15) is 4.79 Å². The Morgan fingerprint density at radius 3 is 2.69 bits per heavy atom. The summed E-state index contributed by atoms with van der Waals surface area (Å²) in [4.78, 5) is 10.3. The molecule has 1 N–H and O–H groups in total. The van der Waals surface area contributed by atoms with Crippen LogP contribution in [0.1, 0.15) is 18.4 Å². The maximum Gasteiger partial charge on any atom is 0.303 e.